The third kappa shape index (κ3) is 4.64. The average Bonchev–Trinajstić information content (AvgIpc) is 2.74. The number of anilines is 1. The number of ether oxygens (including phenoxy) is 2. The van der Waals surface area contributed by atoms with Gasteiger partial charge in [0.2, 0.25) is 11.8 Å². The van der Waals surface area contributed by atoms with Crippen LogP contribution in [0.1, 0.15) is 25.7 Å². The minimum Gasteiger partial charge on any atom is -0.438 e. The van der Waals surface area contributed by atoms with Crippen molar-refractivity contribution in [2.45, 2.75) is 25.7 Å². The molecule has 1 aliphatic rings. The van der Waals surface area contributed by atoms with Gasteiger partial charge in [0.15, 0.2) is 0 Å². The molecule has 2 heterocycles. The van der Waals surface area contributed by atoms with Crippen LogP contribution >= 0.6 is 0 Å². The van der Waals surface area contributed by atoms with Crippen LogP contribution in [-0.2, 0) is 9.53 Å². The van der Waals surface area contributed by atoms with Crippen LogP contribution in [0, 0.1) is 5.92 Å². The van der Waals surface area contributed by atoms with Crippen LogP contribution in [0.15, 0.2) is 54.9 Å². The average molecular weight is 377 g/mol. The summed E-state index contributed by atoms with van der Waals surface area (Å²) in [6.45, 7) is 1.62. The molecule has 0 atom stereocenters. The summed E-state index contributed by atoms with van der Waals surface area (Å²) >= 11 is 0. The van der Waals surface area contributed by atoms with E-state index in [2.05, 4.69) is 15.3 Å². The molecule has 1 amide bonds. The lowest BCUT2D eigenvalue weighted by atomic mass is 9.95. The molecule has 0 aliphatic carbocycles. The summed E-state index contributed by atoms with van der Waals surface area (Å²) in [5.41, 5.74) is 1.46. The number of carbonyl (C=O) groups is 1. The highest BCUT2D eigenvalue weighted by Gasteiger charge is 2.15. The lowest BCUT2D eigenvalue weighted by Crippen LogP contribution is -2.18. The summed E-state index contributed by atoms with van der Waals surface area (Å²) in [5, 5.41) is 3.77. The monoisotopic (exact) mass is 377 g/mol. The largest absolute Gasteiger partial charge is 0.438 e. The van der Waals surface area contributed by atoms with E-state index in [1.807, 2.05) is 48.5 Å². The number of benzene rings is 2. The predicted octanol–water partition coefficient (Wildman–Crippen LogP) is 4.57. The SMILES string of the molecule is O=C(CCC1CCOCC1)Nc1ccc2c(Oc3ccccc3)ncnc2c1. The maximum absolute atomic E-state index is 12.3. The highest BCUT2D eigenvalue weighted by atomic mass is 16.5. The quantitative estimate of drug-likeness (QED) is 0.681. The van der Waals surface area contributed by atoms with Crippen LogP contribution in [0.5, 0.6) is 11.6 Å². The van der Waals surface area contributed by atoms with Gasteiger partial charge >= 0.3 is 0 Å². The molecule has 1 aliphatic heterocycles. The Morgan fingerprint density at radius 1 is 1.11 bits per heavy atom. The van der Waals surface area contributed by atoms with E-state index in [1.54, 1.807) is 0 Å². The maximum atomic E-state index is 12.3. The van der Waals surface area contributed by atoms with E-state index < -0.39 is 0 Å². The van der Waals surface area contributed by atoms with E-state index in [9.17, 15) is 4.79 Å². The van der Waals surface area contributed by atoms with Crippen LogP contribution in [0.3, 0.4) is 0 Å². The number of aromatic nitrogens is 2. The highest BCUT2D eigenvalue weighted by Crippen LogP contribution is 2.28. The molecule has 0 radical (unpaired) electrons. The number of hydrogen-bond donors (Lipinski definition) is 1. The molecule has 1 saturated heterocycles. The van der Waals surface area contributed by atoms with Gasteiger partial charge in [-0.15, -0.1) is 0 Å². The standard InChI is InChI=1S/C22H23N3O3/c26-21(9-6-16-10-12-27-13-11-16)25-17-7-8-19-20(14-17)23-15-24-22(19)28-18-4-2-1-3-5-18/h1-5,7-8,14-16H,6,9-13H2,(H,25,26). The zero-order valence-corrected chi connectivity index (χ0v) is 15.6. The fourth-order valence-corrected chi connectivity index (χ4v) is 3.39. The zero-order valence-electron chi connectivity index (χ0n) is 15.6. The van der Waals surface area contributed by atoms with Crippen molar-refractivity contribution < 1.29 is 14.3 Å². The molecule has 1 aromatic heterocycles. The van der Waals surface area contributed by atoms with Crippen molar-refractivity contribution in [3.63, 3.8) is 0 Å². The summed E-state index contributed by atoms with van der Waals surface area (Å²) in [4.78, 5) is 20.9. The normalized spacial score (nSPS) is 14.7. The van der Waals surface area contributed by atoms with E-state index in [1.165, 1.54) is 6.33 Å². The van der Waals surface area contributed by atoms with Gasteiger partial charge in [0.05, 0.1) is 10.9 Å². The van der Waals surface area contributed by atoms with Crippen molar-refractivity contribution in [1.29, 1.82) is 0 Å². The van der Waals surface area contributed by atoms with Gasteiger partial charge in [-0.1, -0.05) is 18.2 Å². The molecule has 28 heavy (non-hydrogen) atoms. The Morgan fingerprint density at radius 2 is 1.93 bits per heavy atom. The maximum Gasteiger partial charge on any atom is 0.230 e. The van der Waals surface area contributed by atoms with Crippen molar-refractivity contribution in [3.8, 4) is 11.6 Å². The summed E-state index contributed by atoms with van der Waals surface area (Å²) in [6, 6.07) is 15.1. The number of hydrogen-bond acceptors (Lipinski definition) is 5. The van der Waals surface area contributed by atoms with E-state index >= 15 is 0 Å². The summed E-state index contributed by atoms with van der Waals surface area (Å²) in [5.74, 6) is 1.82. The molecule has 144 valence electrons. The van der Waals surface area contributed by atoms with Crippen LogP contribution in [0.2, 0.25) is 0 Å². The molecule has 4 rings (SSSR count). The Kier molecular flexibility index (Phi) is 5.77. The Balaban J connectivity index is 1.42. The van der Waals surface area contributed by atoms with Crippen LogP contribution in [0.4, 0.5) is 5.69 Å². The molecule has 0 saturated carbocycles. The third-order valence-electron chi connectivity index (χ3n) is 4.96. The van der Waals surface area contributed by atoms with Crippen LogP contribution in [-0.4, -0.2) is 29.1 Å². The lowest BCUT2D eigenvalue weighted by molar-refractivity contribution is -0.116. The molecule has 6 heteroatoms. The van der Waals surface area contributed by atoms with Gasteiger partial charge < -0.3 is 14.8 Å². The first-order valence-corrected chi connectivity index (χ1v) is 9.63. The molecule has 2 aromatic carbocycles. The second kappa shape index (κ2) is 8.80. The number of carbonyl (C=O) groups excluding carboxylic acids is 1. The van der Waals surface area contributed by atoms with Crippen molar-refractivity contribution in [3.05, 3.63) is 54.9 Å². The first kappa shape index (κ1) is 18.4. The predicted molar refractivity (Wildman–Crippen MR) is 107 cm³/mol. The van der Waals surface area contributed by atoms with Gasteiger partial charge in [0, 0.05) is 25.3 Å². The van der Waals surface area contributed by atoms with Gasteiger partial charge in [-0.25, -0.2) is 9.97 Å². The first-order chi connectivity index (χ1) is 13.8. The van der Waals surface area contributed by atoms with Gasteiger partial charge in [-0.3, -0.25) is 4.79 Å². The highest BCUT2D eigenvalue weighted by molar-refractivity contribution is 5.94. The Bertz CT molecular complexity index is 940. The molecule has 6 nitrogen and oxygen atoms in total. The zero-order chi connectivity index (χ0) is 19.2. The van der Waals surface area contributed by atoms with E-state index in [0.717, 1.165) is 49.1 Å². The number of nitrogens with zero attached hydrogens (tertiary/aromatic N) is 2. The molecular weight excluding hydrogens is 354 g/mol. The molecule has 0 unspecified atom stereocenters. The molecule has 1 N–H and O–H groups in total. The van der Waals surface area contributed by atoms with E-state index in [4.69, 9.17) is 9.47 Å². The number of fused-ring (bicyclic) bond motifs is 1. The van der Waals surface area contributed by atoms with Gasteiger partial charge in [-0.05, 0) is 55.5 Å². The summed E-state index contributed by atoms with van der Waals surface area (Å²) in [6.07, 6.45) is 4.99. The second-order valence-corrected chi connectivity index (χ2v) is 6.97. The smallest absolute Gasteiger partial charge is 0.230 e. The first-order valence-electron chi connectivity index (χ1n) is 9.63. The van der Waals surface area contributed by atoms with Crippen LogP contribution < -0.4 is 10.1 Å². The minimum atomic E-state index is 0.0284. The molecular formula is C22H23N3O3. The van der Waals surface area contributed by atoms with Crippen molar-refractivity contribution >= 4 is 22.5 Å². The fraction of sp³-hybridized carbons (Fsp3) is 0.318. The number of rotatable bonds is 6. The minimum absolute atomic E-state index is 0.0284. The molecule has 1 fully saturated rings. The van der Waals surface area contributed by atoms with Crippen molar-refractivity contribution in [1.82, 2.24) is 9.97 Å². The Hall–Kier alpha value is -2.99. The number of amides is 1. The molecule has 3 aromatic rings. The van der Waals surface area contributed by atoms with Gasteiger partial charge in [0.25, 0.3) is 0 Å². The molecule has 0 spiro atoms. The van der Waals surface area contributed by atoms with E-state index in [-0.39, 0.29) is 5.91 Å². The fourth-order valence-electron chi connectivity index (χ4n) is 3.39. The van der Waals surface area contributed by atoms with Crippen LogP contribution in [0.25, 0.3) is 10.9 Å². The van der Waals surface area contributed by atoms with Crippen molar-refractivity contribution in [2.24, 2.45) is 5.92 Å². The van der Waals surface area contributed by atoms with E-state index in [0.29, 0.717) is 24.0 Å². The third-order valence-corrected chi connectivity index (χ3v) is 4.96. The lowest BCUT2D eigenvalue weighted by Gasteiger charge is -2.21. The second-order valence-electron chi connectivity index (χ2n) is 6.97. The summed E-state index contributed by atoms with van der Waals surface area (Å²) < 4.78 is 11.2. The van der Waals surface area contributed by atoms with Gasteiger partial charge in [-0.2, -0.15) is 0 Å². The van der Waals surface area contributed by atoms with Crippen molar-refractivity contribution in [2.75, 3.05) is 18.5 Å². The van der Waals surface area contributed by atoms with Gasteiger partial charge in [0.1, 0.15) is 12.1 Å². The Labute approximate surface area is 163 Å². The number of nitrogens with one attached hydrogen (secondary N) is 1. The molecule has 0 bridgehead atoms. The summed E-state index contributed by atoms with van der Waals surface area (Å²) in [7, 11) is 0. The Morgan fingerprint density at radius 3 is 2.75 bits per heavy atom. The number of para-hydroxylation sites is 1. The topological polar surface area (TPSA) is 73.3 Å².